The van der Waals surface area contributed by atoms with Crippen LogP contribution >= 0.6 is 24.8 Å². The summed E-state index contributed by atoms with van der Waals surface area (Å²) in [5.41, 5.74) is 6.33. The van der Waals surface area contributed by atoms with Crippen LogP contribution in [0, 0.1) is 5.41 Å². The number of carbonyl (C=O) groups excluding carboxylic acids is 1. The fraction of sp³-hybridized carbons (Fsp3) is 0.550. The van der Waals surface area contributed by atoms with Crippen LogP contribution < -0.4 is 5.73 Å². The molecular formula is C20H29Cl2N5O2. The van der Waals surface area contributed by atoms with Gasteiger partial charge in [0.05, 0.1) is 12.6 Å². The van der Waals surface area contributed by atoms with E-state index in [0.717, 1.165) is 17.2 Å². The molecule has 0 spiro atoms. The van der Waals surface area contributed by atoms with Crippen molar-refractivity contribution in [1.82, 2.24) is 19.7 Å². The fourth-order valence-electron chi connectivity index (χ4n) is 4.21. The summed E-state index contributed by atoms with van der Waals surface area (Å²) >= 11 is 0. The van der Waals surface area contributed by atoms with Gasteiger partial charge in [0.1, 0.15) is 5.54 Å². The highest BCUT2D eigenvalue weighted by Gasteiger charge is 2.63. The average molecular weight is 442 g/mol. The van der Waals surface area contributed by atoms with Crippen molar-refractivity contribution in [2.24, 2.45) is 11.1 Å². The van der Waals surface area contributed by atoms with Crippen molar-refractivity contribution in [3.63, 3.8) is 0 Å². The lowest BCUT2D eigenvalue weighted by Crippen LogP contribution is -2.76. The molecule has 1 aliphatic heterocycles. The zero-order valence-corrected chi connectivity index (χ0v) is 18.6. The van der Waals surface area contributed by atoms with Gasteiger partial charge in [0.2, 0.25) is 5.91 Å². The van der Waals surface area contributed by atoms with Crippen LogP contribution in [0.2, 0.25) is 0 Å². The van der Waals surface area contributed by atoms with E-state index >= 15 is 0 Å². The second kappa shape index (κ2) is 8.60. The number of aromatic nitrogens is 3. The van der Waals surface area contributed by atoms with Crippen LogP contribution in [-0.2, 0) is 22.6 Å². The third kappa shape index (κ3) is 3.65. The number of hydrogen-bond donors (Lipinski definition) is 1. The van der Waals surface area contributed by atoms with E-state index in [4.69, 9.17) is 10.5 Å². The topological polar surface area (TPSA) is 86.3 Å². The number of nitrogens with zero attached hydrogens (tertiary/aromatic N) is 4. The molecule has 1 aromatic carbocycles. The minimum Gasteiger partial charge on any atom is -0.378 e. The lowest BCUT2D eigenvalue weighted by atomic mass is 9.54. The molecule has 1 aliphatic carbocycles. The van der Waals surface area contributed by atoms with E-state index in [9.17, 15) is 4.79 Å². The van der Waals surface area contributed by atoms with Gasteiger partial charge < -0.3 is 19.9 Å². The molecule has 9 heteroatoms. The molecule has 2 atom stereocenters. The maximum atomic E-state index is 13.2. The molecule has 1 saturated carbocycles. The Morgan fingerprint density at radius 3 is 2.52 bits per heavy atom. The van der Waals surface area contributed by atoms with Crippen LogP contribution in [0.25, 0.3) is 11.4 Å². The third-order valence-corrected chi connectivity index (χ3v) is 6.28. The quantitative estimate of drug-likeness (QED) is 0.787. The smallest absolute Gasteiger partial charge is 0.243 e. The summed E-state index contributed by atoms with van der Waals surface area (Å²) < 4.78 is 7.85. The molecule has 2 N–H and O–H groups in total. The van der Waals surface area contributed by atoms with Crippen LogP contribution in [0.5, 0.6) is 0 Å². The van der Waals surface area contributed by atoms with Gasteiger partial charge in [-0.1, -0.05) is 44.2 Å². The van der Waals surface area contributed by atoms with E-state index < -0.39 is 5.54 Å². The first-order valence-corrected chi connectivity index (χ1v) is 9.56. The lowest BCUT2D eigenvalue weighted by Gasteiger charge is -2.58. The minimum atomic E-state index is -0.892. The molecule has 0 saturated heterocycles. The SMILES string of the molecule is CCOC1CC(N)(C(=O)N2CCn3c(nnc3-c3ccccc3)C2)C1(C)C.Cl.Cl. The Kier molecular flexibility index (Phi) is 7.00. The molecular weight excluding hydrogens is 413 g/mol. The molecule has 0 radical (unpaired) electrons. The van der Waals surface area contributed by atoms with Crippen molar-refractivity contribution in [3.8, 4) is 11.4 Å². The summed E-state index contributed by atoms with van der Waals surface area (Å²) in [5, 5.41) is 8.67. The first-order valence-electron chi connectivity index (χ1n) is 9.56. The van der Waals surface area contributed by atoms with Gasteiger partial charge in [-0.25, -0.2) is 0 Å². The minimum absolute atomic E-state index is 0. The highest BCUT2D eigenvalue weighted by Crippen LogP contribution is 2.50. The second-order valence-electron chi connectivity index (χ2n) is 8.03. The molecule has 1 amide bonds. The van der Waals surface area contributed by atoms with E-state index in [1.807, 2.05) is 56.0 Å². The van der Waals surface area contributed by atoms with Crippen molar-refractivity contribution in [3.05, 3.63) is 36.2 Å². The van der Waals surface area contributed by atoms with Crippen molar-refractivity contribution in [2.75, 3.05) is 13.2 Å². The monoisotopic (exact) mass is 441 g/mol. The van der Waals surface area contributed by atoms with Crippen molar-refractivity contribution < 1.29 is 9.53 Å². The molecule has 2 unspecified atom stereocenters. The summed E-state index contributed by atoms with van der Waals surface area (Å²) in [5.74, 6) is 1.63. The fourth-order valence-corrected chi connectivity index (χ4v) is 4.21. The first kappa shape index (κ1) is 23.6. The molecule has 0 bridgehead atoms. The Hall–Kier alpha value is -1.67. The van der Waals surface area contributed by atoms with Gasteiger partial charge in [-0.2, -0.15) is 0 Å². The Bertz CT molecular complexity index is 858. The Morgan fingerprint density at radius 2 is 1.90 bits per heavy atom. The number of halogens is 2. The molecule has 29 heavy (non-hydrogen) atoms. The van der Waals surface area contributed by atoms with Crippen LogP contribution in [-0.4, -0.2) is 50.4 Å². The number of amides is 1. The Morgan fingerprint density at radius 1 is 1.21 bits per heavy atom. The number of nitrogens with two attached hydrogens (primary N) is 1. The number of ether oxygens (including phenoxy) is 1. The molecule has 2 heterocycles. The van der Waals surface area contributed by atoms with Crippen LogP contribution in [0.4, 0.5) is 0 Å². The van der Waals surface area contributed by atoms with Gasteiger partial charge in [0.25, 0.3) is 0 Å². The van der Waals surface area contributed by atoms with Crippen LogP contribution in [0.1, 0.15) is 33.0 Å². The van der Waals surface area contributed by atoms with Crippen LogP contribution in [0.3, 0.4) is 0 Å². The van der Waals surface area contributed by atoms with Gasteiger partial charge in [-0.05, 0) is 6.92 Å². The first-order chi connectivity index (χ1) is 12.9. The number of hydrogen-bond acceptors (Lipinski definition) is 5. The molecule has 2 aromatic rings. The van der Waals surface area contributed by atoms with Gasteiger partial charge in [-0.15, -0.1) is 35.0 Å². The van der Waals surface area contributed by atoms with Gasteiger partial charge >= 0.3 is 0 Å². The highest BCUT2D eigenvalue weighted by molar-refractivity contribution is 5.89. The largest absolute Gasteiger partial charge is 0.378 e. The number of fused-ring (bicyclic) bond motifs is 1. The summed E-state index contributed by atoms with van der Waals surface area (Å²) in [6, 6.07) is 10.00. The maximum absolute atomic E-state index is 13.2. The van der Waals surface area contributed by atoms with E-state index in [-0.39, 0.29) is 42.2 Å². The molecule has 1 fully saturated rings. The average Bonchev–Trinajstić information content (AvgIpc) is 3.11. The third-order valence-electron chi connectivity index (χ3n) is 6.28. The molecule has 7 nitrogen and oxygen atoms in total. The lowest BCUT2D eigenvalue weighted by molar-refractivity contribution is -0.180. The normalized spacial score (nSPS) is 24.6. The zero-order valence-electron chi connectivity index (χ0n) is 17.0. The van der Waals surface area contributed by atoms with Crippen molar-refractivity contribution >= 4 is 30.7 Å². The highest BCUT2D eigenvalue weighted by atomic mass is 35.5. The van der Waals surface area contributed by atoms with Crippen LogP contribution in [0.15, 0.2) is 30.3 Å². The van der Waals surface area contributed by atoms with E-state index in [1.54, 1.807) is 0 Å². The second-order valence-corrected chi connectivity index (χ2v) is 8.03. The molecule has 1 aromatic heterocycles. The van der Waals surface area contributed by atoms with Gasteiger partial charge in [-0.3, -0.25) is 4.79 Å². The van der Waals surface area contributed by atoms with E-state index in [2.05, 4.69) is 14.8 Å². The number of rotatable bonds is 4. The predicted molar refractivity (Wildman–Crippen MR) is 116 cm³/mol. The summed E-state index contributed by atoms with van der Waals surface area (Å²) in [6.45, 7) is 8.36. The van der Waals surface area contributed by atoms with Gasteiger partial charge in [0, 0.05) is 37.1 Å². The molecule has 160 valence electrons. The summed E-state index contributed by atoms with van der Waals surface area (Å²) in [7, 11) is 0. The summed E-state index contributed by atoms with van der Waals surface area (Å²) in [4.78, 5) is 15.1. The Balaban J connectivity index is 0.00000150. The molecule has 4 rings (SSSR count). The summed E-state index contributed by atoms with van der Waals surface area (Å²) in [6.07, 6.45) is 0.583. The molecule has 2 aliphatic rings. The maximum Gasteiger partial charge on any atom is 0.243 e. The Labute approximate surface area is 183 Å². The number of benzene rings is 1. The van der Waals surface area contributed by atoms with Crippen molar-refractivity contribution in [1.29, 1.82) is 0 Å². The van der Waals surface area contributed by atoms with E-state index in [0.29, 0.717) is 32.7 Å². The predicted octanol–water partition coefficient (Wildman–Crippen LogP) is 2.66. The number of carbonyl (C=O) groups is 1. The van der Waals surface area contributed by atoms with Crippen molar-refractivity contribution in [2.45, 2.75) is 51.9 Å². The standard InChI is InChI=1S/C20H27N5O2.2ClH/c1-4-27-15-12-20(21,19(15,2)3)18(26)24-10-11-25-16(13-24)22-23-17(25)14-8-6-5-7-9-14;;/h5-9,15H,4,10-13,21H2,1-3H3;2*1H. The van der Waals surface area contributed by atoms with E-state index in [1.165, 1.54) is 0 Å². The zero-order chi connectivity index (χ0) is 19.2. The van der Waals surface area contributed by atoms with Gasteiger partial charge in [0.15, 0.2) is 11.6 Å².